The number of hydrogen-bond donors (Lipinski definition) is 3. The van der Waals surface area contributed by atoms with Gasteiger partial charge < -0.3 is 24.5 Å². The van der Waals surface area contributed by atoms with Crippen LogP contribution in [0.15, 0.2) is 12.7 Å². The first-order chi connectivity index (χ1) is 20.3. The van der Waals surface area contributed by atoms with Gasteiger partial charge in [0.25, 0.3) is 0 Å². The number of esters is 2. The third kappa shape index (κ3) is 9.20. The van der Waals surface area contributed by atoms with Crippen molar-refractivity contribution < 1.29 is 28.4 Å². The van der Waals surface area contributed by atoms with Crippen molar-refractivity contribution in [3.8, 4) is 0 Å². The topological polar surface area (TPSA) is 173 Å². The van der Waals surface area contributed by atoms with Crippen molar-refractivity contribution in [2.75, 3.05) is 25.3 Å². The largest absolute Gasteiger partial charge is 0.464 e. The van der Waals surface area contributed by atoms with E-state index in [0.29, 0.717) is 37.2 Å². The molecule has 43 heavy (non-hydrogen) atoms. The molecule has 2 heterocycles. The minimum Gasteiger partial charge on any atom is -0.464 e. The van der Waals surface area contributed by atoms with Gasteiger partial charge in [0.1, 0.15) is 29.3 Å². The number of nitrogen functional groups attached to an aromatic ring is 1. The SMILES string of the molecule is CCC(CC)COC(=O)C(C)(C)N[P@](=O)(CO[C@H](C)Cn1cnc2c(N)ncnc21)NC1(C(=O)OCC(CC)CC)CC1. The number of nitrogens with one attached hydrogen (secondary N) is 2. The van der Waals surface area contributed by atoms with Crippen LogP contribution in [0.3, 0.4) is 0 Å². The number of fused-ring (bicyclic) bond motifs is 1. The molecule has 0 radical (unpaired) electrons. The van der Waals surface area contributed by atoms with Gasteiger partial charge in [0, 0.05) is 0 Å². The number of ether oxygens (including phenoxy) is 3. The summed E-state index contributed by atoms with van der Waals surface area (Å²) in [5.74, 6) is -0.186. The van der Waals surface area contributed by atoms with Gasteiger partial charge in [0.05, 0.1) is 32.2 Å². The highest BCUT2D eigenvalue weighted by atomic mass is 31.2. The molecular formula is C29H50N7O6P. The lowest BCUT2D eigenvalue weighted by molar-refractivity contribution is -0.151. The van der Waals surface area contributed by atoms with Crippen molar-refractivity contribution in [3.63, 3.8) is 0 Å². The number of carbonyl (C=O) groups excluding carboxylic acids is 2. The van der Waals surface area contributed by atoms with Crippen LogP contribution in [0.25, 0.3) is 11.2 Å². The molecule has 1 saturated carbocycles. The van der Waals surface area contributed by atoms with Crippen LogP contribution < -0.4 is 15.9 Å². The molecule has 0 saturated heterocycles. The number of nitrogens with two attached hydrogens (primary N) is 1. The van der Waals surface area contributed by atoms with Crippen LogP contribution in [0.2, 0.25) is 0 Å². The summed E-state index contributed by atoms with van der Waals surface area (Å²) in [5.41, 5.74) is 4.52. The molecule has 0 amide bonds. The monoisotopic (exact) mass is 623 g/mol. The second-order valence-electron chi connectivity index (χ2n) is 12.2. The van der Waals surface area contributed by atoms with Crippen molar-refractivity contribution in [2.24, 2.45) is 11.8 Å². The highest BCUT2D eigenvalue weighted by Gasteiger charge is 2.56. The molecule has 0 aliphatic heterocycles. The van der Waals surface area contributed by atoms with Crippen LogP contribution in [0.1, 0.15) is 87.0 Å². The maximum absolute atomic E-state index is 14.5. The zero-order valence-corrected chi connectivity index (χ0v) is 27.6. The van der Waals surface area contributed by atoms with Crippen LogP contribution in [0, 0.1) is 11.8 Å². The van der Waals surface area contributed by atoms with Gasteiger partial charge in [-0.05, 0) is 45.4 Å². The van der Waals surface area contributed by atoms with Gasteiger partial charge in [0.2, 0.25) is 7.44 Å². The summed E-state index contributed by atoms with van der Waals surface area (Å²) in [6.45, 7) is 14.2. The maximum Gasteiger partial charge on any atom is 0.326 e. The molecule has 0 aromatic carbocycles. The minimum atomic E-state index is -3.72. The molecule has 1 aliphatic rings. The first-order valence-corrected chi connectivity index (χ1v) is 17.3. The zero-order valence-electron chi connectivity index (χ0n) is 26.7. The second-order valence-corrected chi connectivity index (χ2v) is 14.4. The number of imidazole rings is 1. The molecule has 4 N–H and O–H groups in total. The van der Waals surface area contributed by atoms with Gasteiger partial charge >= 0.3 is 11.9 Å². The summed E-state index contributed by atoms with van der Waals surface area (Å²) in [7, 11) is -3.72. The average Bonchev–Trinajstić information content (AvgIpc) is 3.63. The smallest absolute Gasteiger partial charge is 0.326 e. The Bertz CT molecular complexity index is 1240. The van der Waals surface area contributed by atoms with Crippen molar-refractivity contribution in [2.45, 2.75) is 111 Å². The molecule has 2 atom stereocenters. The predicted octanol–water partition coefficient (Wildman–Crippen LogP) is 4.41. The van der Waals surface area contributed by atoms with Crippen LogP contribution in [0.4, 0.5) is 5.82 Å². The van der Waals surface area contributed by atoms with E-state index in [0.717, 1.165) is 25.7 Å². The van der Waals surface area contributed by atoms with E-state index < -0.39 is 36.6 Å². The Hall–Kier alpha value is -2.60. The molecule has 0 spiro atoms. The number of nitrogens with zero attached hydrogens (tertiary/aromatic N) is 4. The molecule has 0 unspecified atom stereocenters. The van der Waals surface area contributed by atoms with E-state index in [-0.39, 0.29) is 30.6 Å². The predicted molar refractivity (Wildman–Crippen MR) is 165 cm³/mol. The first-order valence-electron chi connectivity index (χ1n) is 15.4. The van der Waals surface area contributed by atoms with E-state index in [4.69, 9.17) is 19.9 Å². The number of rotatable bonds is 19. The normalized spacial score (nSPS) is 16.8. The number of aromatic nitrogens is 4. The fourth-order valence-corrected chi connectivity index (χ4v) is 7.42. The highest BCUT2D eigenvalue weighted by molar-refractivity contribution is 7.59. The fraction of sp³-hybridized carbons (Fsp3) is 0.759. The van der Waals surface area contributed by atoms with E-state index in [1.807, 2.05) is 20.8 Å². The molecule has 242 valence electrons. The Morgan fingerprint density at radius 1 is 1.05 bits per heavy atom. The number of carbonyl (C=O) groups is 2. The quantitative estimate of drug-likeness (QED) is 0.149. The second kappa shape index (κ2) is 14.9. The average molecular weight is 624 g/mol. The van der Waals surface area contributed by atoms with Crippen molar-refractivity contribution in [1.82, 2.24) is 29.7 Å². The third-order valence-corrected chi connectivity index (χ3v) is 10.4. The van der Waals surface area contributed by atoms with E-state index in [9.17, 15) is 14.2 Å². The summed E-state index contributed by atoms with van der Waals surface area (Å²) >= 11 is 0. The summed E-state index contributed by atoms with van der Waals surface area (Å²) < 4.78 is 33.7. The van der Waals surface area contributed by atoms with Gasteiger partial charge in [-0.3, -0.25) is 14.2 Å². The van der Waals surface area contributed by atoms with Gasteiger partial charge in [-0.25, -0.2) is 25.1 Å². The summed E-state index contributed by atoms with van der Waals surface area (Å²) in [6, 6.07) is 0. The van der Waals surface area contributed by atoms with Crippen molar-refractivity contribution >= 4 is 36.4 Å². The summed E-state index contributed by atoms with van der Waals surface area (Å²) in [4.78, 5) is 38.8. The molecule has 13 nitrogen and oxygen atoms in total. The maximum atomic E-state index is 14.5. The van der Waals surface area contributed by atoms with Gasteiger partial charge in [-0.2, -0.15) is 0 Å². The lowest BCUT2D eigenvalue weighted by atomic mass is 10.0. The van der Waals surface area contributed by atoms with Crippen LogP contribution in [0.5, 0.6) is 0 Å². The van der Waals surface area contributed by atoms with Crippen molar-refractivity contribution in [1.29, 1.82) is 0 Å². The molecular weight excluding hydrogens is 573 g/mol. The van der Waals surface area contributed by atoms with Gasteiger partial charge in [-0.1, -0.05) is 53.4 Å². The minimum absolute atomic E-state index is 0.244. The number of hydrogen-bond acceptors (Lipinski definition) is 10. The molecule has 2 aromatic rings. The first kappa shape index (κ1) is 34.9. The van der Waals surface area contributed by atoms with Crippen LogP contribution >= 0.6 is 7.44 Å². The Kier molecular flexibility index (Phi) is 12.1. The molecule has 14 heteroatoms. The molecule has 1 fully saturated rings. The Balaban J connectivity index is 1.75. The molecule has 3 rings (SSSR count). The van der Waals surface area contributed by atoms with E-state index in [1.54, 1.807) is 24.7 Å². The Labute approximate surface area is 254 Å². The van der Waals surface area contributed by atoms with E-state index in [2.05, 4.69) is 39.0 Å². The van der Waals surface area contributed by atoms with Gasteiger partial charge in [0.15, 0.2) is 11.5 Å². The lowest BCUT2D eigenvalue weighted by Crippen LogP contribution is -2.51. The van der Waals surface area contributed by atoms with Crippen LogP contribution in [-0.4, -0.2) is 68.2 Å². The van der Waals surface area contributed by atoms with E-state index in [1.165, 1.54) is 6.33 Å². The highest BCUT2D eigenvalue weighted by Crippen LogP contribution is 2.49. The molecule has 1 aliphatic carbocycles. The lowest BCUT2D eigenvalue weighted by Gasteiger charge is -2.33. The standard InChI is InChI=1S/C29H50N7O6P/c1-8-21(9-2)15-40-26(37)28(6,7)34-43(39,35-29(12-13-29)27(38)41-16-22(10-3)11-4)19-42-20(5)14-36-18-33-23-24(30)31-17-32-25(23)36/h17-18,20-22H,8-16,19H2,1-7H3,(H2,30,31,32)(H2,34,35,39)/t20-,43-/m1/s1. The zero-order chi connectivity index (χ0) is 31.8. The number of anilines is 1. The summed E-state index contributed by atoms with van der Waals surface area (Å²) in [5, 5.41) is 6.07. The Morgan fingerprint density at radius 3 is 2.23 bits per heavy atom. The molecule has 2 aromatic heterocycles. The Morgan fingerprint density at radius 2 is 1.65 bits per heavy atom. The van der Waals surface area contributed by atoms with Crippen molar-refractivity contribution in [3.05, 3.63) is 12.7 Å². The van der Waals surface area contributed by atoms with Gasteiger partial charge in [-0.15, -0.1) is 0 Å². The third-order valence-electron chi connectivity index (χ3n) is 8.14. The van der Waals surface area contributed by atoms with Crippen LogP contribution in [-0.2, 0) is 34.9 Å². The van der Waals surface area contributed by atoms with E-state index >= 15 is 0 Å². The fourth-order valence-electron chi connectivity index (χ4n) is 4.77. The molecule has 0 bridgehead atoms. The summed E-state index contributed by atoms with van der Waals surface area (Å²) in [6.07, 6.45) is 6.74.